The first-order valence-corrected chi connectivity index (χ1v) is 4.66. The van der Waals surface area contributed by atoms with Crippen molar-refractivity contribution in [1.29, 1.82) is 0 Å². The van der Waals surface area contributed by atoms with Gasteiger partial charge in [0.2, 0.25) is 0 Å². The Kier molecular flexibility index (Phi) is 3.65. The minimum absolute atomic E-state index is 0.0650. The molecule has 0 aliphatic rings. The Hall–Kier alpha value is -1.72. The van der Waals surface area contributed by atoms with Crippen molar-refractivity contribution in [2.75, 3.05) is 14.2 Å². The number of Topliss-reactive ketones (excluding diaryl/α,β-unsaturated/α-hetero) is 1. The Morgan fingerprint density at radius 2 is 1.76 bits per heavy atom. The highest BCUT2D eigenvalue weighted by Crippen LogP contribution is 2.43. The van der Waals surface area contributed by atoms with Gasteiger partial charge in [-0.05, 0) is 19.1 Å². The fraction of sp³-hybridized carbons (Fsp3) is 0.364. The lowest BCUT2D eigenvalue weighted by atomic mass is 10.0. The Labute approximate surface area is 96.1 Å². The molecule has 6 heteroatoms. The third kappa shape index (κ3) is 2.51. The average molecular weight is 248 g/mol. The van der Waals surface area contributed by atoms with Crippen molar-refractivity contribution < 1.29 is 27.4 Å². The largest absolute Gasteiger partial charge is 0.493 e. The van der Waals surface area contributed by atoms with Gasteiger partial charge >= 0.3 is 6.18 Å². The van der Waals surface area contributed by atoms with Crippen molar-refractivity contribution in [2.45, 2.75) is 13.1 Å². The zero-order valence-corrected chi connectivity index (χ0v) is 9.51. The van der Waals surface area contributed by atoms with E-state index in [-0.39, 0.29) is 5.75 Å². The van der Waals surface area contributed by atoms with Crippen LogP contribution in [-0.2, 0) is 6.18 Å². The maximum Gasteiger partial charge on any atom is 0.420 e. The van der Waals surface area contributed by atoms with Gasteiger partial charge in [0.25, 0.3) is 0 Å². The molecule has 3 nitrogen and oxygen atoms in total. The van der Waals surface area contributed by atoms with Gasteiger partial charge in [-0.2, -0.15) is 13.2 Å². The highest BCUT2D eigenvalue weighted by molar-refractivity contribution is 5.96. The topological polar surface area (TPSA) is 35.5 Å². The van der Waals surface area contributed by atoms with Crippen molar-refractivity contribution in [3.05, 3.63) is 23.3 Å². The smallest absolute Gasteiger partial charge is 0.420 e. The Bertz CT molecular complexity index is 438. The van der Waals surface area contributed by atoms with Crippen LogP contribution in [0.2, 0.25) is 0 Å². The molecule has 0 bridgehead atoms. The molecule has 0 saturated carbocycles. The van der Waals surface area contributed by atoms with Crippen LogP contribution < -0.4 is 9.47 Å². The number of carbonyl (C=O) groups excluding carboxylic acids is 1. The molecule has 0 N–H and O–H groups in total. The van der Waals surface area contributed by atoms with Gasteiger partial charge in [0, 0.05) is 5.56 Å². The van der Waals surface area contributed by atoms with E-state index in [1.165, 1.54) is 13.2 Å². The molecule has 1 aromatic rings. The lowest BCUT2D eigenvalue weighted by Gasteiger charge is -2.17. The van der Waals surface area contributed by atoms with Gasteiger partial charge < -0.3 is 9.47 Å². The number of ether oxygens (including phenoxy) is 2. The van der Waals surface area contributed by atoms with E-state index in [9.17, 15) is 18.0 Å². The molecule has 0 amide bonds. The summed E-state index contributed by atoms with van der Waals surface area (Å²) in [7, 11) is 2.32. The second-order valence-electron chi connectivity index (χ2n) is 3.28. The van der Waals surface area contributed by atoms with Crippen LogP contribution in [0.1, 0.15) is 22.8 Å². The quantitative estimate of drug-likeness (QED) is 0.771. The van der Waals surface area contributed by atoms with Gasteiger partial charge in [0.15, 0.2) is 17.3 Å². The van der Waals surface area contributed by atoms with Crippen LogP contribution in [-0.4, -0.2) is 20.0 Å². The minimum Gasteiger partial charge on any atom is -0.493 e. The summed E-state index contributed by atoms with van der Waals surface area (Å²) in [5.74, 6) is -1.23. The summed E-state index contributed by atoms with van der Waals surface area (Å²) in [5.41, 5.74) is -1.54. The number of ketones is 1. The van der Waals surface area contributed by atoms with Crippen molar-refractivity contribution >= 4 is 5.78 Å². The second-order valence-corrected chi connectivity index (χ2v) is 3.28. The van der Waals surface area contributed by atoms with Gasteiger partial charge in [-0.25, -0.2) is 0 Å². The van der Waals surface area contributed by atoms with E-state index in [4.69, 9.17) is 4.74 Å². The molecule has 0 aromatic heterocycles. The molecule has 0 atom stereocenters. The summed E-state index contributed by atoms with van der Waals surface area (Å²) in [6.45, 7) is 1.07. The summed E-state index contributed by atoms with van der Waals surface area (Å²) in [6.07, 6.45) is -4.68. The maximum atomic E-state index is 12.9. The highest BCUT2D eigenvalue weighted by atomic mass is 19.4. The molecule has 0 spiro atoms. The predicted octanol–water partition coefficient (Wildman–Crippen LogP) is 2.93. The minimum atomic E-state index is -4.68. The van der Waals surface area contributed by atoms with Crippen LogP contribution in [0.4, 0.5) is 13.2 Å². The number of hydrogen-bond acceptors (Lipinski definition) is 3. The predicted molar refractivity (Wildman–Crippen MR) is 54.6 cm³/mol. The molecule has 0 radical (unpaired) electrons. The SMILES string of the molecule is COc1ccc(C(C)=O)c(C(F)(F)F)c1OC. The number of methoxy groups -OCH3 is 2. The average Bonchev–Trinajstić information content (AvgIpc) is 2.25. The number of hydrogen-bond donors (Lipinski definition) is 0. The molecule has 1 aromatic carbocycles. The van der Waals surface area contributed by atoms with Gasteiger partial charge in [0.1, 0.15) is 5.56 Å². The van der Waals surface area contributed by atoms with E-state index in [0.29, 0.717) is 0 Å². The molecule has 0 aliphatic heterocycles. The molecule has 0 heterocycles. The lowest BCUT2D eigenvalue weighted by molar-refractivity contribution is -0.139. The summed E-state index contributed by atoms with van der Waals surface area (Å²) >= 11 is 0. The normalized spacial score (nSPS) is 11.2. The van der Waals surface area contributed by atoms with Gasteiger partial charge in [-0.3, -0.25) is 4.79 Å². The van der Waals surface area contributed by atoms with E-state index in [1.807, 2.05) is 0 Å². The Morgan fingerprint density at radius 3 is 2.12 bits per heavy atom. The lowest BCUT2D eigenvalue weighted by Crippen LogP contribution is -2.14. The molecule has 0 unspecified atom stereocenters. The van der Waals surface area contributed by atoms with E-state index in [0.717, 1.165) is 20.1 Å². The van der Waals surface area contributed by atoms with Crippen LogP contribution in [0.15, 0.2) is 12.1 Å². The number of benzene rings is 1. The van der Waals surface area contributed by atoms with Crippen molar-refractivity contribution in [2.24, 2.45) is 0 Å². The summed E-state index contributed by atoms with van der Waals surface area (Å²) in [6, 6.07) is 2.34. The first-order chi connectivity index (χ1) is 7.82. The number of alkyl halides is 3. The molecule has 17 heavy (non-hydrogen) atoms. The molecule has 94 valence electrons. The number of rotatable bonds is 3. The van der Waals surface area contributed by atoms with E-state index < -0.39 is 28.8 Å². The zero-order valence-electron chi connectivity index (χ0n) is 9.51. The van der Waals surface area contributed by atoms with Crippen molar-refractivity contribution in [1.82, 2.24) is 0 Å². The molecule has 0 saturated heterocycles. The Balaban J connectivity index is 3.62. The molecular weight excluding hydrogens is 237 g/mol. The van der Waals surface area contributed by atoms with Crippen LogP contribution in [0.25, 0.3) is 0 Å². The standard InChI is InChI=1S/C11H11F3O3/c1-6(15)7-4-5-8(16-2)10(17-3)9(7)11(12,13)14/h4-5H,1-3H3. The fourth-order valence-electron chi connectivity index (χ4n) is 1.50. The monoisotopic (exact) mass is 248 g/mol. The summed E-state index contributed by atoms with van der Waals surface area (Å²) in [5, 5.41) is 0. The fourth-order valence-corrected chi connectivity index (χ4v) is 1.50. The molecule has 0 fully saturated rings. The highest BCUT2D eigenvalue weighted by Gasteiger charge is 2.39. The summed E-state index contributed by atoms with van der Waals surface area (Å²) < 4.78 is 48.1. The molecule has 1 rings (SSSR count). The van der Waals surface area contributed by atoms with Gasteiger partial charge in [-0.15, -0.1) is 0 Å². The van der Waals surface area contributed by atoms with Gasteiger partial charge in [0.05, 0.1) is 14.2 Å². The van der Waals surface area contributed by atoms with Crippen LogP contribution in [0.5, 0.6) is 11.5 Å². The van der Waals surface area contributed by atoms with E-state index >= 15 is 0 Å². The number of carbonyl (C=O) groups is 1. The van der Waals surface area contributed by atoms with E-state index in [2.05, 4.69) is 4.74 Å². The molecular formula is C11H11F3O3. The first kappa shape index (κ1) is 13.3. The summed E-state index contributed by atoms with van der Waals surface area (Å²) in [4.78, 5) is 11.2. The van der Waals surface area contributed by atoms with E-state index in [1.54, 1.807) is 0 Å². The van der Waals surface area contributed by atoms with Crippen LogP contribution in [0.3, 0.4) is 0 Å². The van der Waals surface area contributed by atoms with Crippen LogP contribution in [0, 0.1) is 0 Å². The third-order valence-corrected chi connectivity index (χ3v) is 2.21. The third-order valence-electron chi connectivity index (χ3n) is 2.21. The van der Waals surface area contributed by atoms with Crippen molar-refractivity contribution in [3.63, 3.8) is 0 Å². The number of halogens is 3. The molecule has 0 aliphatic carbocycles. The van der Waals surface area contributed by atoms with Crippen LogP contribution >= 0.6 is 0 Å². The van der Waals surface area contributed by atoms with Crippen molar-refractivity contribution in [3.8, 4) is 11.5 Å². The maximum absolute atomic E-state index is 12.9. The Morgan fingerprint density at radius 1 is 1.18 bits per heavy atom. The van der Waals surface area contributed by atoms with Gasteiger partial charge in [-0.1, -0.05) is 0 Å². The second kappa shape index (κ2) is 4.65. The zero-order chi connectivity index (χ0) is 13.2. The first-order valence-electron chi connectivity index (χ1n) is 4.66.